The molecule has 0 saturated carbocycles. The zero-order valence-corrected chi connectivity index (χ0v) is 8.24. The molecular formula is C8H8BFO7. The number of halogens is 1. The van der Waals surface area contributed by atoms with Gasteiger partial charge in [0, 0.05) is 0 Å². The molecule has 1 rings (SSSR count). The minimum absolute atomic E-state index is 0.549. The highest BCUT2D eigenvalue weighted by Gasteiger charge is 2.19. The Labute approximate surface area is 94.6 Å². The maximum Gasteiger partial charge on any atom is 0.631 e. The van der Waals surface area contributed by atoms with Gasteiger partial charge < -0.3 is 25.3 Å². The summed E-state index contributed by atoms with van der Waals surface area (Å²) < 4.78 is 12.8. The van der Waals surface area contributed by atoms with Gasteiger partial charge in [-0.15, -0.1) is 0 Å². The fourth-order valence-corrected chi connectivity index (χ4v) is 0.920. The number of rotatable bonds is 2. The summed E-state index contributed by atoms with van der Waals surface area (Å²) in [5.41, 5.74) is -1.36. The number of aromatic carboxylic acids is 2. The lowest BCUT2D eigenvalue weighted by molar-refractivity contribution is 0.0647. The first kappa shape index (κ1) is 15.0. The van der Waals surface area contributed by atoms with Crippen LogP contribution in [0.25, 0.3) is 0 Å². The molecule has 1 aromatic rings. The summed E-state index contributed by atoms with van der Waals surface area (Å²) >= 11 is 0. The van der Waals surface area contributed by atoms with Crippen molar-refractivity contribution in [2.45, 2.75) is 0 Å². The lowest BCUT2D eigenvalue weighted by Crippen LogP contribution is -2.10. The topological polar surface area (TPSA) is 135 Å². The summed E-state index contributed by atoms with van der Waals surface area (Å²) in [6.45, 7) is 0. The summed E-state index contributed by atoms with van der Waals surface area (Å²) in [7, 11) is -2.17. The van der Waals surface area contributed by atoms with Crippen LogP contribution in [0.4, 0.5) is 4.39 Å². The summed E-state index contributed by atoms with van der Waals surface area (Å²) in [4.78, 5) is 20.9. The number of carboxylic acids is 2. The van der Waals surface area contributed by atoms with Crippen LogP contribution in [0.15, 0.2) is 18.2 Å². The van der Waals surface area contributed by atoms with E-state index in [0.29, 0.717) is 0 Å². The minimum atomic E-state index is -2.17. The van der Waals surface area contributed by atoms with Gasteiger partial charge in [0.2, 0.25) is 0 Å². The molecule has 1 aromatic carbocycles. The molecule has 9 heteroatoms. The average Bonchev–Trinajstić information content (AvgIpc) is 2.15. The van der Waals surface area contributed by atoms with E-state index >= 15 is 0 Å². The van der Waals surface area contributed by atoms with Crippen LogP contribution < -0.4 is 0 Å². The van der Waals surface area contributed by atoms with Crippen molar-refractivity contribution in [2.24, 2.45) is 0 Å². The Morgan fingerprint density at radius 2 is 1.53 bits per heavy atom. The molecule has 0 radical (unpaired) electrons. The maximum atomic E-state index is 12.8. The predicted molar refractivity (Wildman–Crippen MR) is 52.7 cm³/mol. The Balaban J connectivity index is 0.000000557. The number of benzene rings is 1. The molecule has 0 heterocycles. The van der Waals surface area contributed by atoms with Crippen LogP contribution >= 0.6 is 0 Å². The standard InChI is InChI=1S/C8H5FO4.BH3O3/c9-5-3-1-2-4(7(10)11)6(5)8(12)13;2-1(3)4/h1-3H,(H,10,11)(H,12,13);2-4H. The van der Waals surface area contributed by atoms with E-state index in [-0.39, 0.29) is 0 Å². The highest BCUT2D eigenvalue weighted by atomic mass is 19.1. The molecule has 0 aromatic heterocycles. The third-order valence-corrected chi connectivity index (χ3v) is 1.46. The summed E-state index contributed by atoms with van der Waals surface area (Å²) in [6, 6.07) is 3.08. The lowest BCUT2D eigenvalue weighted by atomic mass is 10.1. The van der Waals surface area contributed by atoms with Gasteiger partial charge in [-0.3, -0.25) is 0 Å². The Morgan fingerprint density at radius 1 is 1.06 bits per heavy atom. The molecule has 0 aliphatic rings. The second kappa shape index (κ2) is 6.58. The van der Waals surface area contributed by atoms with Crippen LogP contribution in [-0.2, 0) is 0 Å². The van der Waals surface area contributed by atoms with Gasteiger partial charge in [0.25, 0.3) is 0 Å². The first-order valence-electron chi connectivity index (χ1n) is 4.06. The van der Waals surface area contributed by atoms with Crippen molar-refractivity contribution in [1.29, 1.82) is 0 Å². The monoisotopic (exact) mass is 246 g/mol. The fraction of sp³-hybridized carbons (Fsp3) is 0. The molecule has 0 amide bonds. The van der Waals surface area contributed by atoms with Gasteiger partial charge in [-0.2, -0.15) is 0 Å². The van der Waals surface area contributed by atoms with E-state index in [1.807, 2.05) is 0 Å². The third-order valence-electron chi connectivity index (χ3n) is 1.46. The molecule has 0 atom stereocenters. The van der Waals surface area contributed by atoms with Crippen molar-refractivity contribution in [3.63, 3.8) is 0 Å². The highest BCUT2D eigenvalue weighted by Crippen LogP contribution is 2.13. The smallest absolute Gasteiger partial charge is 0.478 e. The van der Waals surface area contributed by atoms with Crippen molar-refractivity contribution in [1.82, 2.24) is 0 Å². The van der Waals surface area contributed by atoms with Crippen LogP contribution in [0.3, 0.4) is 0 Å². The molecular weight excluding hydrogens is 238 g/mol. The molecule has 0 aliphatic heterocycles. The Morgan fingerprint density at radius 3 is 1.82 bits per heavy atom. The third kappa shape index (κ3) is 5.06. The molecule has 17 heavy (non-hydrogen) atoms. The van der Waals surface area contributed by atoms with E-state index in [4.69, 9.17) is 25.3 Å². The number of hydrogen-bond acceptors (Lipinski definition) is 5. The van der Waals surface area contributed by atoms with E-state index in [1.54, 1.807) is 0 Å². The van der Waals surface area contributed by atoms with Crippen LogP contribution in [0.1, 0.15) is 20.7 Å². The van der Waals surface area contributed by atoms with Gasteiger partial charge in [0.15, 0.2) is 0 Å². The van der Waals surface area contributed by atoms with Gasteiger partial charge in [0.1, 0.15) is 11.4 Å². The molecule has 0 spiro atoms. The van der Waals surface area contributed by atoms with Crippen molar-refractivity contribution in [2.75, 3.05) is 0 Å². The van der Waals surface area contributed by atoms with Crippen molar-refractivity contribution in [3.05, 3.63) is 35.1 Å². The molecule has 7 nitrogen and oxygen atoms in total. The Hall–Kier alpha value is -1.97. The second-order valence-electron chi connectivity index (χ2n) is 2.62. The molecule has 0 fully saturated rings. The van der Waals surface area contributed by atoms with Gasteiger partial charge in [-0.05, 0) is 12.1 Å². The number of hydrogen-bond donors (Lipinski definition) is 5. The molecule has 0 bridgehead atoms. The minimum Gasteiger partial charge on any atom is -0.478 e. The molecule has 0 unspecified atom stereocenters. The van der Waals surface area contributed by atoms with Crippen molar-refractivity contribution < 1.29 is 39.3 Å². The normalized spacial score (nSPS) is 8.94. The molecule has 5 N–H and O–H groups in total. The van der Waals surface area contributed by atoms with Crippen LogP contribution in [0.2, 0.25) is 0 Å². The SMILES string of the molecule is O=C(O)c1cccc(F)c1C(=O)O.OB(O)O. The summed E-state index contributed by atoms with van der Waals surface area (Å²) in [5.74, 6) is -4.10. The van der Waals surface area contributed by atoms with E-state index < -0.39 is 36.2 Å². The Kier molecular flexibility index (Phi) is 5.82. The van der Waals surface area contributed by atoms with Crippen molar-refractivity contribution in [3.8, 4) is 0 Å². The van der Waals surface area contributed by atoms with E-state index in [2.05, 4.69) is 0 Å². The maximum absolute atomic E-state index is 12.8. The number of carbonyl (C=O) groups is 2. The molecule has 0 saturated heterocycles. The predicted octanol–water partition coefficient (Wildman–Crippen LogP) is -0.830. The Bertz CT molecular complexity index is 418. The second-order valence-corrected chi connectivity index (χ2v) is 2.62. The molecule has 92 valence electrons. The fourth-order valence-electron chi connectivity index (χ4n) is 0.920. The van der Waals surface area contributed by atoms with Gasteiger partial charge in [-0.1, -0.05) is 6.07 Å². The van der Waals surface area contributed by atoms with Crippen LogP contribution in [-0.4, -0.2) is 44.5 Å². The van der Waals surface area contributed by atoms with Crippen molar-refractivity contribution >= 4 is 19.3 Å². The first-order chi connectivity index (χ1) is 7.77. The largest absolute Gasteiger partial charge is 0.631 e. The summed E-state index contributed by atoms with van der Waals surface area (Å²) in [5, 5.41) is 38.5. The zero-order valence-electron chi connectivity index (χ0n) is 8.24. The molecule has 0 aliphatic carbocycles. The lowest BCUT2D eigenvalue weighted by Gasteiger charge is -2.00. The van der Waals surface area contributed by atoms with Crippen LogP contribution in [0.5, 0.6) is 0 Å². The zero-order chi connectivity index (χ0) is 13.6. The summed E-state index contributed by atoms with van der Waals surface area (Å²) in [6.07, 6.45) is 0. The van der Waals surface area contributed by atoms with E-state index in [0.717, 1.165) is 18.2 Å². The quantitative estimate of drug-likeness (QED) is 0.429. The number of carboxylic acid groups (broad SMARTS) is 2. The average molecular weight is 246 g/mol. The highest BCUT2D eigenvalue weighted by molar-refractivity contribution is 6.30. The van der Waals surface area contributed by atoms with Gasteiger partial charge >= 0.3 is 19.3 Å². The van der Waals surface area contributed by atoms with E-state index in [1.165, 1.54) is 0 Å². The van der Waals surface area contributed by atoms with E-state index in [9.17, 15) is 14.0 Å². The van der Waals surface area contributed by atoms with Gasteiger partial charge in [-0.25, -0.2) is 14.0 Å². The first-order valence-corrected chi connectivity index (χ1v) is 4.06. The van der Waals surface area contributed by atoms with Gasteiger partial charge in [0.05, 0.1) is 5.56 Å². The van der Waals surface area contributed by atoms with Crippen LogP contribution in [0, 0.1) is 5.82 Å².